The van der Waals surface area contributed by atoms with Gasteiger partial charge in [-0.3, -0.25) is 0 Å². The minimum atomic E-state index is -0.363. The van der Waals surface area contributed by atoms with Gasteiger partial charge in [0.05, 0.1) is 13.1 Å². The van der Waals surface area contributed by atoms with Gasteiger partial charge in [-0.25, -0.2) is 0 Å². The van der Waals surface area contributed by atoms with Crippen LogP contribution in [0.1, 0.15) is 38.2 Å². The number of rotatable bonds is 6. The van der Waals surface area contributed by atoms with E-state index in [4.69, 9.17) is 4.74 Å². The molecular weight excluding hydrogens is 238 g/mol. The molecule has 1 aliphatic rings. The fourth-order valence-corrected chi connectivity index (χ4v) is 2.61. The van der Waals surface area contributed by atoms with Gasteiger partial charge in [0.15, 0.2) is 0 Å². The van der Waals surface area contributed by atoms with Crippen LogP contribution in [0.5, 0.6) is 5.75 Å². The Bertz CT molecular complexity index is 369. The van der Waals surface area contributed by atoms with Gasteiger partial charge in [0.2, 0.25) is 0 Å². The molecule has 1 fully saturated rings. The molecule has 1 aromatic carbocycles. The average molecular weight is 264 g/mol. The van der Waals surface area contributed by atoms with Gasteiger partial charge in [-0.2, -0.15) is 0 Å². The molecule has 0 aromatic heterocycles. The summed E-state index contributed by atoms with van der Waals surface area (Å²) in [6, 6.07) is 8.17. The summed E-state index contributed by atoms with van der Waals surface area (Å²) in [7, 11) is 0. The van der Waals surface area contributed by atoms with Gasteiger partial charge in [0, 0.05) is 12.8 Å². The van der Waals surface area contributed by atoms with Crippen molar-refractivity contribution in [2.24, 2.45) is 0 Å². The third kappa shape index (κ3) is 4.51. The second kappa shape index (κ2) is 6.92. The van der Waals surface area contributed by atoms with Crippen LogP contribution in [-0.4, -0.2) is 37.5 Å². The zero-order chi connectivity index (χ0) is 13.7. The predicted molar refractivity (Wildman–Crippen MR) is 76.8 cm³/mol. The summed E-state index contributed by atoms with van der Waals surface area (Å²) in [4.78, 5) is 1.51. The molecule has 3 nitrogen and oxygen atoms in total. The molecule has 0 radical (unpaired) electrons. The molecular formula is C16H26NO2+. The van der Waals surface area contributed by atoms with Gasteiger partial charge >= 0.3 is 0 Å². The number of quaternary nitrogens is 1. The highest BCUT2D eigenvalue weighted by atomic mass is 16.5. The molecule has 3 heteroatoms. The van der Waals surface area contributed by atoms with Crippen LogP contribution in [0.3, 0.4) is 0 Å². The van der Waals surface area contributed by atoms with Crippen LogP contribution in [0.4, 0.5) is 0 Å². The molecule has 1 saturated heterocycles. The second-order valence-corrected chi connectivity index (χ2v) is 5.85. The van der Waals surface area contributed by atoms with Crippen molar-refractivity contribution in [3.63, 3.8) is 0 Å². The molecule has 0 aliphatic carbocycles. The quantitative estimate of drug-likeness (QED) is 0.810. The van der Waals surface area contributed by atoms with Gasteiger partial charge in [-0.15, -0.1) is 0 Å². The Morgan fingerprint density at radius 1 is 1.16 bits per heavy atom. The third-order valence-electron chi connectivity index (χ3n) is 3.82. The number of benzene rings is 1. The number of likely N-dealkylation sites (tertiary alicyclic amines) is 1. The van der Waals surface area contributed by atoms with Crippen LogP contribution >= 0.6 is 0 Å². The fraction of sp³-hybridized carbons (Fsp3) is 0.625. The van der Waals surface area contributed by atoms with Gasteiger partial charge < -0.3 is 14.7 Å². The summed E-state index contributed by atoms with van der Waals surface area (Å²) in [5.74, 6) is 1.39. The monoisotopic (exact) mass is 264 g/mol. The van der Waals surface area contributed by atoms with Crippen LogP contribution < -0.4 is 9.64 Å². The van der Waals surface area contributed by atoms with E-state index in [1.807, 2.05) is 12.1 Å². The Balaban J connectivity index is 1.74. The number of hydrogen-bond acceptors (Lipinski definition) is 2. The Morgan fingerprint density at radius 3 is 2.37 bits per heavy atom. The summed E-state index contributed by atoms with van der Waals surface area (Å²) in [6.45, 7) is 7.95. The standard InChI is InChI=1S/C16H25NO2/c1-13(2)14-5-7-16(8-6-14)19-12-15(18)11-17-9-3-4-10-17/h5-8,13,15,18H,3-4,9-12H2,1-2H3/p+1. The smallest absolute Gasteiger partial charge is 0.137 e. The third-order valence-corrected chi connectivity index (χ3v) is 3.82. The lowest BCUT2D eigenvalue weighted by atomic mass is 10.0. The maximum atomic E-state index is 9.97. The maximum absolute atomic E-state index is 9.97. The lowest BCUT2D eigenvalue weighted by Gasteiger charge is -2.17. The van der Waals surface area contributed by atoms with Gasteiger partial charge in [0.1, 0.15) is 25.0 Å². The summed E-state index contributed by atoms with van der Waals surface area (Å²) in [5, 5.41) is 9.97. The fourth-order valence-electron chi connectivity index (χ4n) is 2.61. The Labute approximate surface area is 116 Å². The molecule has 1 heterocycles. The highest BCUT2D eigenvalue weighted by Crippen LogP contribution is 2.18. The molecule has 0 amide bonds. The average Bonchev–Trinajstić information content (AvgIpc) is 2.89. The van der Waals surface area contributed by atoms with E-state index in [1.54, 1.807) is 0 Å². The highest BCUT2D eigenvalue weighted by Gasteiger charge is 2.19. The first kappa shape index (κ1) is 14.4. The minimum absolute atomic E-state index is 0.363. The van der Waals surface area contributed by atoms with Crippen LogP contribution in [0.25, 0.3) is 0 Å². The largest absolute Gasteiger partial charge is 0.491 e. The number of ether oxygens (including phenoxy) is 1. The Morgan fingerprint density at radius 2 is 1.79 bits per heavy atom. The van der Waals surface area contributed by atoms with Crippen LogP contribution in [0.15, 0.2) is 24.3 Å². The highest BCUT2D eigenvalue weighted by molar-refractivity contribution is 5.28. The van der Waals surface area contributed by atoms with E-state index >= 15 is 0 Å². The molecule has 19 heavy (non-hydrogen) atoms. The van der Waals surface area contributed by atoms with Gasteiger partial charge in [-0.1, -0.05) is 26.0 Å². The molecule has 0 spiro atoms. The lowest BCUT2D eigenvalue weighted by molar-refractivity contribution is -0.890. The van der Waals surface area contributed by atoms with E-state index in [1.165, 1.54) is 36.4 Å². The van der Waals surface area contributed by atoms with Crippen molar-refractivity contribution >= 4 is 0 Å². The van der Waals surface area contributed by atoms with Crippen molar-refractivity contribution in [2.45, 2.75) is 38.7 Å². The summed E-state index contributed by atoms with van der Waals surface area (Å²) < 4.78 is 5.65. The molecule has 2 N–H and O–H groups in total. The van der Waals surface area contributed by atoms with Crippen molar-refractivity contribution in [1.82, 2.24) is 0 Å². The number of aliphatic hydroxyl groups excluding tert-OH is 1. The predicted octanol–water partition coefficient (Wildman–Crippen LogP) is 1.23. The van der Waals surface area contributed by atoms with E-state index < -0.39 is 0 Å². The molecule has 1 aromatic rings. The zero-order valence-electron chi connectivity index (χ0n) is 12.1. The van der Waals surface area contributed by atoms with Crippen LogP contribution in [0.2, 0.25) is 0 Å². The van der Waals surface area contributed by atoms with E-state index in [0.717, 1.165) is 12.3 Å². The lowest BCUT2D eigenvalue weighted by Crippen LogP contribution is -3.11. The molecule has 1 atom stereocenters. The summed E-state index contributed by atoms with van der Waals surface area (Å²) in [6.07, 6.45) is 2.22. The van der Waals surface area contributed by atoms with Crippen molar-refractivity contribution in [3.8, 4) is 5.75 Å². The maximum Gasteiger partial charge on any atom is 0.137 e. The van der Waals surface area contributed by atoms with Crippen LogP contribution in [-0.2, 0) is 0 Å². The molecule has 1 aliphatic heterocycles. The van der Waals surface area contributed by atoms with Crippen molar-refractivity contribution < 1.29 is 14.7 Å². The normalized spacial score (nSPS) is 17.9. The topological polar surface area (TPSA) is 33.9 Å². The summed E-state index contributed by atoms with van der Waals surface area (Å²) in [5.41, 5.74) is 1.31. The molecule has 2 rings (SSSR count). The van der Waals surface area contributed by atoms with E-state index in [9.17, 15) is 5.11 Å². The first-order valence-electron chi connectivity index (χ1n) is 7.39. The zero-order valence-corrected chi connectivity index (χ0v) is 12.1. The molecule has 0 bridgehead atoms. The first-order valence-corrected chi connectivity index (χ1v) is 7.39. The van der Waals surface area contributed by atoms with Crippen molar-refractivity contribution in [1.29, 1.82) is 0 Å². The SMILES string of the molecule is CC(C)c1ccc(OCC(O)C[NH+]2CCCC2)cc1. The molecule has 1 unspecified atom stereocenters. The Kier molecular flexibility index (Phi) is 5.23. The summed E-state index contributed by atoms with van der Waals surface area (Å²) >= 11 is 0. The first-order chi connectivity index (χ1) is 9.15. The van der Waals surface area contributed by atoms with Crippen LogP contribution in [0, 0.1) is 0 Å². The van der Waals surface area contributed by atoms with Crippen molar-refractivity contribution in [2.75, 3.05) is 26.2 Å². The number of nitrogens with one attached hydrogen (secondary N) is 1. The van der Waals surface area contributed by atoms with Gasteiger partial charge in [0.25, 0.3) is 0 Å². The van der Waals surface area contributed by atoms with E-state index in [2.05, 4.69) is 26.0 Å². The second-order valence-electron chi connectivity index (χ2n) is 5.85. The van der Waals surface area contributed by atoms with Crippen molar-refractivity contribution in [3.05, 3.63) is 29.8 Å². The number of hydrogen-bond donors (Lipinski definition) is 2. The van der Waals surface area contributed by atoms with Gasteiger partial charge in [-0.05, 0) is 23.6 Å². The van der Waals surface area contributed by atoms with E-state index in [0.29, 0.717) is 12.5 Å². The molecule has 0 saturated carbocycles. The number of aliphatic hydroxyl groups is 1. The van der Waals surface area contributed by atoms with E-state index in [-0.39, 0.29) is 6.10 Å². The Hall–Kier alpha value is -1.06. The molecule has 106 valence electrons. The minimum Gasteiger partial charge on any atom is -0.491 e.